The van der Waals surface area contributed by atoms with Crippen LogP contribution in [0.25, 0.3) is 0 Å². The molecule has 0 saturated heterocycles. The van der Waals surface area contributed by atoms with Crippen LogP contribution in [0.2, 0.25) is 0 Å². The van der Waals surface area contributed by atoms with Crippen molar-refractivity contribution in [3.63, 3.8) is 0 Å². The molecule has 76 valence electrons. The van der Waals surface area contributed by atoms with Crippen LogP contribution < -0.4 is 0 Å². The van der Waals surface area contributed by atoms with E-state index in [1.54, 1.807) is 12.8 Å². The molecule has 0 amide bonds. The summed E-state index contributed by atoms with van der Waals surface area (Å²) in [5.41, 5.74) is 0. The van der Waals surface area contributed by atoms with Gasteiger partial charge in [-0.25, -0.2) is 0 Å². The topological polar surface area (TPSA) is 76.8 Å². The summed E-state index contributed by atoms with van der Waals surface area (Å²) in [6.45, 7) is 18.4. The van der Waals surface area contributed by atoms with Crippen LogP contribution in [-0.2, 0) is 35.8 Å². The summed E-state index contributed by atoms with van der Waals surface area (Å²) in [5.74, 6) is 0.0555. The fourth-order valence-electron chi connectivity index (χ4n) is 0.204. The molecule has 0 heterocycles. The Kier molecular flexibility index (Phi) is 115. The first-order chi connectivity index (χ1) is 6.27. The Morgan fingerprint density at radius 3 is 1.50 bits per heavy atom. The smallest absolute Gasteiger partial charge is 0.133 e. The van der Waals surface area contributed by atoms with Gasteiger partial charge in [-0.2, -0.15) is 0 Å². The maximum absolute atomic E-state index is 10.1. The summed E-state index contributed by atoms with van der Waals surface area (Å²) in [5, 5.41) is 0. The first-order valence-corrected chi connectivity index (χ1v) is 2.68. The van der Waals surface area contributed by atoms with Gasteiger partial charge in [-0.1, -0.05) is 0 Å². The van der Waals surface area contributed by atoms with E-state index < -0.39 is 0 Å². The third-order valence-corrected chi connectivity index (χ3v) is 0.467. The molecule has 0 aromatic carbocycles. The van der Waals surface area contributed by atoms with E-state index in [1.807, 2.05) is 0 Å². The third-order valence-electron chi connectivity index (χ3n) is 0.467. The van der Waals surface area contributed by atoms with E-state index in [0.29, 0.717) is 0 Å². The second-order valence-corrected chi connectivity index (χ2v) is 1.21. The Morgan fingerprint density at radius 1 is 1.14 bits per heavy atom. The molecule has 14 heavy (non-hydrogen) atoms. The van der Waals surface area contributed by atoms with Crippen molar-refractivity contribution in [3.8, 4) is 0 Å². The minimum Gasteiger partial charge on any atom is -0.300 e. The van der Waals surface area contributed by atoms with Crippen LogP contribution >= 0.6 is 0 Å². The summed E-state index contributed by atoms with van der Waals surface area (Å²) in [6, 6.07) is 0. The van der Waals surface area contributed by atoms with Crippen molar-refractivity contribution in [3.05, 3.63) is 46.1 Å². The van der Waals surface area contributed by atoms with E-state index in [-0.39, 0.29) is 22.9 Å². The van der Waals surface area contributed by atoms with Gasteiger partial charge in [0.15, 0.2) is 0 Å². The molecule has 0 aromatic heterocycles. The van der Waals surface area contributed by atoms with Gasteiger partial charge in [0, 0.05) is 23.5 Å². The van der Waals surface area contributed by atoms with Crippen LogP contribution in [0.15, 0.2) is 0 Å². The van der Waals surface area contributed by atoms with Crippen molar-refractivity contribution < 1.29 is 35.8 Å². The molecule has 0 atom stereocenters. The van der Waals surface area contributed by atoms with Gasteiger partial charge < -0.3 is 0 Å². The van der Waals surface area contributed by atoms with Gasteiger partial charge in [0.1, 0.15) is 5.78 Å². The molecule has 0 aliphatic rings. The summed E-state index contributed by atoms with van der Waals surface area (Å²) < 4.78 is 22.5. The molecule has 0 rings (SSSR count). The van der Waals surface area contributed by atoms with Crippen LogP contribution in [0, 0.1) is 46.1 Å². The van der Waals surface area contributed by atoms with Gasteiger partial charge in [0.05, 0.1) is 0 Å². The number of hydrogen-bond donors (Lipinski definition) is 0. The number of Topliss-reactive ketones (excluding diaryl/α,β-unsaturated/α-hetero) is 1. The molecule has 0 fully saturated rings. The van der Waals surface area contributed by atoms with Crippen molar-refractivity contribution in [2.45, 2.75) is 6.92 Å². The van der Waals surface area contributed by atoms with Gasteiger partial charge in [-0.05, 0) is 26.7 Å². The number of carbonyl (C=O) groups is 1. The van der Waals surface area contributed by atoms with Gasteiger partial charge >= 0.3 is 33.9 Å². The van der Waals surface area contributed by atoms with Crippen LogP contribution in [0.5, 0.6) is 0 Å². The van der Waals surface area contributed by atoms with Gasteiger partial charge in [-0.15, -0.1) is 0 Å². The second-order valence-electron chi connectivity index (χ2n) is 1.21. The fraction of sp³-hybridized carbons (Fsp3) is 0.111. The van der Waals surface area contributed by atoms with E-state index in [1.165, 1.54) is 13.3 Å². The van der Waals surface area contributed by atoms with Crippen LogP contribution in [0.3, 0.4) is 0 Å². The van der Waals surface area contributed by atoms with Crippen molar-refractivity contribution >= 4 is 5.78 Å². The molecule has 5 heteroatoms. The second kappa shape index (κ2) is 55.2. The predicted octanol–water partition coefficient (Wildman–Crippen LogP) is 0.907. The zero-order chi connectivity index (χ0) is 11.7. The molecule has 0 spiro atoms. The SMILES string of the molecule is [C-]#[O+].[C-]#[O+].[C-]#[O+].[CH2][CH][CH][CH]C(C)=O.[Fe]. The zero-order valence-corrected chi connectivity index (χ0v) is 8.53. The third kappa shape index (κ3) is 106. The van der Waals surface area contributed by atoms with Gasteiger partial charge in [0.2, 0.25) is 0 Å². The fourth-order valence-corrected chi connectivity index (χ4v) is 0.204. The predicted molar refractivity (Wildman–Crippen MR) is 40.7 cm³/mol. The number of carbonyl (C=O) groups excluding carboxylic acids is 1. The minimum absolute atomic E-state index is 0. The average molecular weight is 236 g/mol. The maximum atomic E-state index is 10.1. The Hall–Kier alpha value is -0.591. The normalized spacial score (nSPS) is 4.86. The molecule has 0 bridgehead atoms. The van der Waals surface area contributed by atoms with E-state index in [4.69, 9.17) is 14.0 Å². The standard InChI is InChI=1S/C6H8O.3CO.Fe/c1-3-4-5-6(2)7;3*1-2;/h3-5H,1H2,2H3;;;;. The average Bonchev–Trinajstić information content (AvgIpc) is 2.24. The minimum atomic E-state index is 0. The van der Waals surface area contributed by atoms with Crippen LogP contribution in [0.4, 0.5) is 0 Å². The Morgan fingerprint density at radius 2 is 1.43 bits per heavy atom. The van der Waals surface area contributed by atoms with E-state index in [0.717, 1.165) is 0 Å². The van der Waals surface area contributed by atoms with Crippen molar-refractivity contribution in [1.82, 2.24) is 0 Å². The largest absolute Gasteiger partial charge is 0.300 e. The monoisotopic (exact) mass is 236 g/mol. The molecule has 0 unspecified atom stereocenters. The van der Waals surface area contributed by atoms with Crippen LogP contribution in [-0.4, -0.2) is 5.78 Å². The molecule has 0 aliphatic heterocycles. The zero-order valence-electron chi connectivity index (χ0n) is 7.43. The van der Waals surface area contributed by atoms with Crippen molar-refractivity contribution in [2.24, 2.45) is 0 Å². The number of hydrogen-bond acceptors (Lipinski definition) is 1. The van der Waals surface area contributed by atoms with Crippen LogP contribution in [0.1, 0.15) is 6.92 Å². The maximum Gasteiger partial charge on any atom is 0.133 e. The summed E-state index contributed by atoms with van der Waals surface area (Å²) >= 11 is 0. The van der Waals surface area contributed by atoms with Crippen molar-refractivity contribution in [2.75, 3.05) is 0 Å². The molecular formula is C9H8FeO4. The van der Waals surface area contributed by atoms with E-state index in [2.05, 4.69) is 26.9 Å². The molecule has 0 aliphatic carbocycles. The number of rotatable bonds is 3. The van der Waals surface area contributed by atoms with E-state index >= 15 is 0 Å². The number of ketones is 1. The Bertz CT molecular complexity index is 134. The molecule has 4 nitrogen and oxygen atoms in total. The van der Waals surface area contributed by atoms with E-state index in [9.17, 15) is 4.79 Å². The summed E-state index contributed by atoms with van der Waals surface area (Å²) in [6.07, 6.45) is 4.65. The summed E-state index contributed by atoms with van der Waals surface area (Å²) in [7, 11) is 0. The van der Waals surface area contributed by atoms with Gasteiger partial charge in [-0.3, -0.25) is 4.79 Å². The first-order valence-electron chi connectivity index (χ1n) is 2.68. The molecule has 0 N–H and O–H groups in total. The molecular weight excluding hydrogens is 228 g/mol. The molecule has 0 aromatic rings. The number of unbranched alkanes of at least 4 members (excludes halogenated alkanes) is 1. The Balaban J connectivity index is -0.0000000332. The first kappa shape index (κ1) is 29.2. The molecule has 4 radical (unpaired) electrons. The summed E-state index contributed by atoms with van der Waals surface area (Å²) in [4.78, 5) is 10.1. The Labute approximate surface area is 95.1 Å². The quantitative estimate of drug-likeness (QED) is 0.407. The molecule has 0 saturated carbocycles. The van der Waals surface area contributed by atoms with Gasteiger partial charge in [0.25, 0.3) is 0 Å². The van der Waals surface area contributed by atoms with Crippen molar-refractivity contribution in [1.29, 1.82) is 0 Å².